The first-order valence-electron chi connectivity index (χ1n) is 8.55. The molecule has 4 rings (SSSR count). The van der Waals surface area contributed by atoms with Gasteiger partial charge in [-0.3, -0.25) is 9.89 Å². The molecule has 5 nitrogen and oxygen atoms in total. The zero-order chi connectivity index (χ0) is 15.6. The number of aromatic nitrogens is 3. The van der Waals surface area contributed by atoms with Crippen LogP contribution >= 0.6 is 0 Å². The highest BCUT2D eigenvalue weighted by molar-refractivity contribution is 5.80. The number of carbonyl (C=O) groups is 1. The van der Waals surface area contributed by atoms with Crippen LogP contribution in [-0.4, -0.2) is 39.1 Å². The second kappa shape index (κ2) is 6.14. The van der Waals surface area contributed by atoms with Crippen molar-refractivity contribution in [1.82, 2.24) is 20.1 Å². The lowest BCUT2D eigenvalue weighted by Gasteiger charge is -2.35. The van der Waals surface area contributed by atoms with Crippen LogP contribution in [0.2, 0.25) is 0 Å². The number of pyridine rings is 1. The van der Waals surface area contributed by atoms with Crippen molar-refractivity contribution in [3.05, 3.63) is 36.2 Å². The van der Waals surface area contributed by atoms with E-state index in [1.165, 1.54) is 0 Å². The summed E-state index contributed by atoms with van der Waals surface area (Å²) in [5.74, 6) is 0.848. The van der Waals surface area contributed by atoms with Gasteiger partial charge in [0.2, 0.25) is 5.91 Å². The highest BCUT2D eigenvalue weighted by atomic mass is 16.2. The number of allylic oxidation sites excluding steroid dienone is 2. The summed E-state index contributed by atoms with van der Waals surface area (Å²) < 4.78 is 0. The summed E-state index contributed by atoms with van der Waals surface area (Å²) in [5.41, 5.74) is 1.90. The van der Waals surface area contributed by atoms with Gasteiger partial charge in [-0.2, -0.15) is 5.10 Å². The van der Waals surface area contributed by atoms with Gasteiger partial charge in [-0.25, -0.2) is 4.98 Å². The molecule has 1 amide bonds. The number of aromatic amines is 1. The third-order valence-corrected chi connectivity index (χ3v) is 5.12. The van der Waals surface area contributed by atoms with Crippen molar-refractivity contribution in [2.24, 2.45) is 5.92 Å². The number of nitrogens with zero attached hydrogens (tertiary/aromatic N) is 3. The number of hydrogen-bond acceptors (Lipinski definition) is 3. The Bertz CT molecular complexity index is 735. The maximum atomic E-state index is 12.8. The van der Waals surface area contributed by atoms with Crippen LogP contribution in [-0.2, 0) is 4.79 Å². The van der Waals surface area contributed by atoms with Gasteiger partial charge in [-0.05, 0) is 44.2 Å². The van der Waals surface area contributed by atoms with E-state index in [4.69, 9.17) is 0 Å². The highest BCUT2D eigenvalue weighted by Crippen LogP contribution is 2.31. The second-order valence-electron chi connectivity index (χ2n) is 6.62. The highest BCUT2D eigenvalue weighted by Gasteiger charge is 2.30. The van der Waals surface area contributed by atoms with Crippen LogP contribution in [0.25, 0.3) is 11.0 Å². The predicted molar refractivity (Wildman–Crippen MR) is 88.9 cm³/mol. The predicted octanol–water partition coefficient (Wildman–Crippen LogP) is 3.02. The van der Waals surface area contributed by atoms with E-state index in [2.05, 4.69) is 38.3 Å². The van der Waals surface area contributed by atoms with E-state index < -0.39 is 0 Å². The zero-order valence-corrected chi connectivity index (χ0v) is 13.2. The van der Waals surface area contributed by atoms with Crippen LogP contribution in [0.5, 0.6) is 0 Å². The average molecular weight is 310 g/mol. The molecule has 1 N–H and O–H groups in total. The molecule has 1 fully saturated rings. The van der Waals surface area contributed by atoms with Crippen molar-refractivity contribution in [2.45, 2.75) is 38.0 Å². The number of hydrogen-bond donors (Lipinski definition) is 1. The van der Waals surface area contributed by atoms with Gasteiger partial charge in [0, 0.05) is 42.2 Å². The maximum Gasteiger partial charge on any atom is 0.226 e. The molecule has 1 saturated heterocycles. The second-order valence-corrected chi connectivity index (χ2v) is 6.62. The lowest BCUT2D eigenvalue weighted by atomic mass is 9.89. The van der Waals surface area contributed by atoms with E-state index >= 15 is 0 Å². The first-order chi connectivity index (χ1) is 11.3. The van der Waals surface area contributed by atoms with E-state index in [1.54, 1.807) is 6.20 Å². The summed E-state index contributed by atoms with van der Waals surface area (Å²) in [6, 6.07) is 4.01. The lowest BCUT2D eigenvalue weighted by Crippen LogP contribution is -2.42. The summed E-state index contributed by atoms with van der Waals surface area (Å²) in [4.78, 5) is 19.1. The first kappa shape index (κ1) is 14.4. The number of likely N-dealkylation sites (tertiary alicyclic amines) is 1. The molecule has 0 bridgehead atoms. The fourth-order valence-corrected chi connectivity index (χ4v) is 3.87. The lowest BCUT2D eigenvalue weighted by molar-refractivity contribution is -0.137. The van der Waals surface area contributed by atoms with Gasteiger partial charge in [-0.1, -0.05) is 12.2 Å². The Kier molecular flexibility index (Phi) is 3.85. The van der Waals surface area contributed by atoms with Crippen molar-refractivity contribution >= 4 is 16.9 Å². The molecule has 1 aliphatic heterocycles. The van der Waals surface area contributed by atoms with E-state index in [1.807, 2.05) is 6.07 Å². The van der Waals surface area contributed by atoms with Crippen molar-refractivity contribution in [3.8, 4) is 0 Å². The van der Waals surface area contributed by atoms with Crippen molar-refractivity contribution in [3.63, 3.8) is 0 Å². The van der Waals surface area contributed by atoms with Gasteiger partial charge in [0.25, 0.3) is 0 Å². The fourth-order valence-electron chi connectivity index (χ4n) is 3.87. The summed E-state index contributed by atoms with van der Waals surface area (Å²) in [6.45, 7) is 1.69. The molecule has 0 spiro atoms. The van der Waals surface area contributed by atoms with Crippen LogP contribution in [0.15, 0.2) is 30.5 Å². The molecule has 0 unspecified atom stereocenters. The van der Waals surface area contributed by atoms with Gasteiger partial charge < -0.3 is 4.90 Å². The van der Waals surface area contributed by atoms with Gasteiger partial charge in [0.05, 0.1) is 0 Å². The number of piperidine rings is 1. The molecule has 23 heavy (non-hydrogen) atoms. The molecule has 2 aromatic heterocycles. The van der Waals surface area contributed by atoms with E-state index in [0.29, 0.717) is 11.8 Å². The third-order valence-electron chi connectivity index (χ3n) is 5.12. The Morgan fingerprint density at radius 3 is 3.13 bits per heavy atom. The summed E-state index contributed by atoms with van der Waals surface area (Å²) in [5, 5.41) is 8.56. The molecule has 1 aliphatic carbocycles. The molecule has 5 heteroatoms. The molecule has 2 aliphatic rings. The van der Waals surface area contributed by atoms with Gasteiger partial charge in [0.1, 0.15) is 0 Å². The molecule has 0 saturated carbocycles. The molecule has 2 atom stereocenters. The average Bonchev–Trinajstić information content (AvgIpc) is 3.06. The van der Waals surface area contributed by atoms with Crippen LogP contribution < -0.4 is 0 Å². The van der Waals surface area contributed by atoms with Gasteiger partial charge in [0.15, 0.2) is 5.65 Å². The smallest absolute Gasteiger partial charge is 0.226 e. The SMILES string of the molecule is O=C([C@H]1CC=CCC1)N1CCC[C@@H](c2[nH]nc3ncccc23)C1. The van der Waals surface area contributed by atoms with E-state index in [9.17, 15) is 4.79 Å². The van der Waals surface area contributed by atoms with Crippen LogP contribution in [0.1, 0.15) is 43.7 Å². The van der Waals surface area contributed by atoms with Gasteiger partial charge >= 0.3 is 0 Å². The molecular weight excluding hydrogens is 288 g/mol. The Morgan fingerprint density at radius 1 is 1.30 bits per heavy atom. The monoisotopic (exact) mass is 310 g/mol. The number of nitrogens with one attached hydrogen (secondary N) is 1. The van der Waals surface area contributed by atoms with Crippen LogP contribution in [0.3, 0.4) is 0 Å². The molecule has 0 radical (unpaired) electrons. The quantitative estimate of drug-likeness (QED) is 0.867. The molecule has 3 heterocycles. The molecule has 120 valence electrons. The van der Waals surface area contributed by atoms with E-state index in [-0.39, 0.29) is 5.92 Å². The standard InChI is InChI=1S/C18H22N4O/c23-18(13-6-2-1-3-7-13)22-11-5-8-14(12-22)16-15-9-4-10-19-17(15)21-20-16/h1-2,4,9-10,13-14H,3,5-8,11-12H2,(H,19,20,21)/t13-,14+/m0/s1. The number of carbonyl (C=O) groups excluding carboxylic acids is 1. The number of amides is 1. The zero-order valence-electron chi connectivity index (χ0n) is 13.2. The molecule has 0 aromatic carbocycles. The Hall–Kier alpha value is -2.17. The number of H-pyrrole nitrogens is 1. The number of rotatable bonds is 2. The molecular formula is C18H22N4O. The van der Waals surface area contributed by atoms with Crippen molar-refractivity contribution < 1.29 is 4.79 Å². The Labute approximate surface area is 135 Å². The fraction of sp³-hybridized carbons (Fsp3) is 0.500. The Morgan fingerprint density at radius 2 is 2.26 bits per heavy atom. The van der Waals surface area contributed by atoms with Crippen LogP contribution in [0.4, 0.5) is 0 Å². The van der Waals surface area contributed by atoms with Crippen molar-refractivity contribution in [2.75, 3.05) is 13.1 Å². The molecule has 2 aromatic rings. The topological polar surface area (TPSA) is 61.9 Å². The summed E-state index contributed by atoms with van der Waals surface area (Å²) >= 11 is 0. The normalized spacial score (nSPS) is 25.0. The first-order valence-corrected chi connectivity index (χ1v) is 8.55. The Balaban J connectivity index is 1.52. The van der Waals surface area contributed by atoms with Crippen molar-refractivity contribution in [1.29, 1.82) is 0 Å². The minimum atomic E-state index is 0.180. The van der Waals surface area contributed by atoms with E-state index in [0.717, 1.165) is 61.9 Å². The largest absolute Gasteiger partial charge is 0.342 e. The minimum Gasteiger partial charge on any atom is -0.342 e. The summed E-state index contributed by atoms with van der Waals surface area (Å²) in [6.07, 6.45) is 11.2. The van der Waals surface area contributed by atoms with Gasteiger partial charge in [-0.15, -0.1) is 0 Å². The third kappa shape index (κ3) is 2.76. The van der Waals surface area contributed by atoms with Crippen LogP contribution in [0, 0.1) is 5.92 Å². The summed E-state index contributed by atoms with van der Waals surface area (Å²) in [7, 11) is 0. The number of fused-ring (bicyclic) bond motifs is 1. The maximum absolute atomic E-state index is 12.8. The minimum absolute atomic E-state index is 0.180.